The molecule has 1 N–H and O–H groups in total. The van der Waals surface area contributed by atoms with E-state index in [0.29, 0.717) is 13.1 Å². The van der Waals surface area contributed by atoms with Crippen molar-refractivity contribution in [3.8, 4) is 0 Å². The molecular weight excluding hydrogens is 304 g/mol. The summed E-state index contributed by atoms with van der Waals surface area (Å²) in [5.74, 6) is -0.0900. The van der Waals surface area contributed by atoms with Crippen molar-refractivity contribution in [2.75, 3.05) is 0 Å². The van der Waals surface area contributed by atoms with E-state index in [0.717, 1.165) is 22.6 Å². The summed E-state index contributed by atoms with van der Waals surface area (Å²) in [5.41, 5.74) is 3.69. The van der Waals surface area contributed by atoms with Gasteiger partial charge in [-0.3, -0.25) is 9.59 Å². The lowest BCUT2D eigenvalue weighted by atomic mass is 10.3. The average Bonchev–Trinajstić information content (AvgIpc) is 2.97. The van der Waals surface area contributed by atoms with E-state index in [4.69, 9.17) is 0 Å². The first-order chi connectivity index (χ1) is 11.6. The van der Waals surface area contributed by atoms with Crippen LogP contribution in [0.2, 0.25) is 0 Å². The van der Waals surface area contributed by atoms with Gasteiger partial charge in [0.2, 0.25) is 5.91 Å². The van der Waals surface area contributed by atoms with Crippen molar-refractivity contribution in [3.63, 3.8) is 0 Å². The topological polar surface area (TPSA) is 68.4 Å². The second kappa shape index (κ2) is 6.70. The average molecular weight is 324 g/mol. The van der Waals surface area contributed by atoms with E-state index in [1.165, 1.54) is 6.07 Å². The fraction of sp³-hybridized carbons (Fsp3) is 0.278. The number of nitrogens with one attached hydrogen (secondary N) is 1. The Labute approximate surface area is 139 Å². The summed E-state index contributed by atoms with van der Waals surface area (Å²) >= 11 is 0. The highest BCUT2D eigenvalue weighted by atomic mass is 16.1. The first kappa shape index (κ1) is 16.0. The van der Waals surface area contributed by atoms with Gasteiger partial charge in [-0.25, -0.2) is 4.98 Å². The van der Waals surface area contributed by atoms with Crippen molar-refractivity contribution in [3.05, 3.63) is 70.0 Å². The number of carbonyl (C=O) groups excluding carboxylic acids is 1. The standard InChI is InChI=1S/C18H20N4O2/c1-13-5-4-9-22-15(12-20-18(13)22)11-19-16(23)8-10-21-14(2)6-3-7-17(21)24/h3-7,9,12H,8,10-11H2,1-2H3,(H,19,23). The molecule has 3 aromatic rings. The van der Waals surface area contributed by atoms with Crippen molar-refractivity contribution in [2.45, 2.75) is 33.4 Å². The zero-order valence-electron chi connectivity index (χ0n) is 13.8. The molecule has 0 aromatic carbocycles. The summed E-state index contributed by atoms with van der Waals surface area (Å²) < 4.78 is 3.58. The highest BCUT2D eigenvalue weighted by Gasteiger charge is 2.08. The summed E-state index contributed by atoms with van der Waals surface area (Å²) in [4.78, 5) is 28.3. The van der Waals surface area contributed by atoms with Gasteiger partial charge >= 0.3 is 0 Å². The molecule has 0 aliphatic carbocycles. The molecule has 0 spiro atoms. The molecule has 3 heterocycles. The molecule has 0 aliphatic heterocycles. The van der Waals surface area contributed by atoms with Crippen LogP contribution in [0.4, 0.5) is 0 Å². The predicted octanol–water partition coefficient (Wildman–Crippen LogP) is 1.82. The first-order valence-electron chi connectivity index (χ1n) is 7.91. The Kier molecular flexibility index (Phi) is 4.46. The van der Waals surface area contributed by atoms with Crippen LogP contribution in [0, 0.1) is 13.8 Å². The van der Waals surface area contributed by atoms with Crippen LogP contribution in [0.3, 0.4) is 0 Å². The van der Waals surface area contributed by atoms with Crippen LogP contribution in [0.5, 0.6) is 0 Å². The fourth-order valence-electron chi connectivity index (χ4n) is 2.73. The smallest absolute Gasteiger partial charge is 0.250 e. The quantitative estimate of drug-likeness (QED) is 0.778. The molecule has 3 rings (SSSR count). The molecule has 0 radical (unpaired) electrons. The number of aryl methyl sites for hydroxylation is 2. The Morgan fingerprint density at radius 2 is 2.04 bits per heavy atom. The number of hydrogen-bond acceptors (Lipinski definition) is 3. The zero-order chi connectivity index (χ0) is 17.1. The minimum Gasteiger partial charge on any atom is -0.350 e. The molecule has 6 heteroatoms. The van der Waals surface area contributed by atoms with Crippen molar-refractivity contribution < 1.29 is 4.79 Å². The largest absolute Gasteiger partial charge is 0.350 e. The van der Waals surface area contributed by atoms with Crippen LogP contribution in [0.25, 0.3) is 5.65 Å². The van der Waals surface area contributed by atoms with Gasteiger partial charge in [-0.1, -0.05) is 12.1 Å². The summed E-state index contributed by atoms with van der Waals surface area (Å²) in [6.45, 7) is 4.65. The Hall–Kier alpha value is -2.89. The Balaban J connectivity index is 1.61. The first-order valence-corrected chi connectivity index (χ1v) is 7.91. The number of rotatable bonds is 5. The third-order valence-electron chi connectivity index (χ3n) is 4.10. The maximum absolute atomic E-state index is 12.1. The van der Waals surface area contributed by atoms with Gasteiger partial charge in [-0.2, -0.15) is 0 Å². The molecule has 0 unspecified atom stereocenters. The molecule has 3 aromatic heterocycles. The van der Waals surface area contributed by atoms with E-state index in [-0.39, 0.29) is 17.9 Å². The van der Waals surface area contributed by atoms with Crippen molar-refractivity contribution in [1.29, 1.82) is 0 Å². The Morgan fingerprint density at radius 1 is 1.21 bits per heavy atom. The van der Waals surface area contributed by atoms with Gasteiger partial charge in [0.15, 0.2) is 0 Å². The van der Waals surface area contributed by atoms with E-state index >= 15 is 0 Å². The molecule has 0 fully saturated rings. The molecule has 0 saturated carbocycles. The number of fused-ring (bicyclic) bond motifs is 1. The predicted molar refractivity (Wildman–Crippen MR) is 91.8 cm³/mol. The fourth-order valence-corrected chi connectivity index (χ4v) is 2.73. The van der Waals surface area contributed by atoms with Gasteiger partial charge in [-0.05, 0) is 31.5 Å². The van der Waals surface area contributed by atoms with Gasteiger partial charge in [-0.15, -0.1) is 0 Å². The molecule has 1 amide bonds. The third-order valence-corrected chi connectivity index (χ3v) is 4.10. The molecule has 124 valence electrons. The number of hydrogen-bond donors (Lipinski definition) is 1. The van der Waals surface area contributed by atoms with E-state index in [2.05, 4.69) is 10.3 Å². The van der Waals surface area contributed by atoms with Crippen LogP contribution in [-0.4, -0.2) is 19.9 Å². The van der Waals surface area contributed by atoms with Crippen molar-refractivity contribution in [2.24, 2.45) is 0 Å². The molecule has 0 bridgehead atoms. The van der Waals surface area contributed by atoms with E-state index < -0.39 is 0 Å². The lowest BCUT2D eigenvalue weighted by Crippen LogP contribution is -2.28. The van der Waals surface area contributed by atoms with Crippen molar-refractivity contribution in [1.82, 2.24) is 19.3 Å². The number of carbonyl (C=O) groups is 1. The van der Waals surface area contributed by atoms with E-state index in [1.54, 1.807) is 16.8 Å². The number of imidazole rings is 1. The normalized spacial score (nSPS) is 10.9. The van der Waals surface area contributed by atoms with Crippen LogP contribution in [-0.2, 0) is 17.9 Å². The maximum atomic E-state index is 12.1. The van der Waals surface area contributed by atoms with Crippen LogP contribution < -0.4 is 10.9 Å². The Morgan fingerprint density at radius 3 is 2.83 bits per heavy atom. The third kappa shape index (κ3) is 3.22. The minimum atomic E-state index is -0.0900. The molecular formula is C18H20N4O2. The number of amides is 1. The van der Waals surface area contributed by atoms with Crippen LogP contribution in [0.1, 0.15) is 23.4 Å². The van der Waals surface area contributed by atoms with Crippen LogP contribution >= 0.6 is 0 Å². The van der Waals surface area contributed by atoms with Gasteiger partial charge in [0.05, 0.1) is 18.4 Å². The van der Waals surface area contributed by atoms with E-state index in [1.807, 2.05) is 42.6 Å². The van der Waals surface area contributed by atoms with Gasteiger partial charge < -0.3 is 14.3 Å². The van der Waals surface area contributed by atoms with E-state index in [9.17, 15) is 9.59 Å². The Bertz CT molecular complexity index is 940. The maximum Gasteiger partial charge on any atom is 0.250 e. The SMILES string of the molecule is Cc1cccn2c(CNC(=O)CCn3c(C)cccc3=O)cnc12. The molecule has 0 saturated heterocycles. The summed E-state index contributed by atoms with van der Waals surface area (Å²) in [5, 5.41) is 2.89. The van der Waals surface area contributed by atoms with Crippen LogP contribution in [0.15, 0.2) is 47.5 Å². The summed E-state index contributed by atoms with van der Waals surface area (Å²) in [6.07, 6.45) is 3.97. The molecule has 6 nitrogen and oxygen atoms in total. The van der Waals surface area contributed by atoms with Gasteiger partial charge in [0.25, 0.3) is 5.56 Å². The van der Waals surface area contributed by atoms with Gasteiger partial charge in [0, 0.05) is 30.9 Å². The minimum absolute atomic E-state index is 0.0833. The highest BCUT2D eigenvalue weighted by Crippen LogP contribution is 2.10. The summed E-state index contributed by atoms with van der Waals surface area (Å²) in [7, 11) is 0. The second-order valence-corrected chi connectivity index (χ2v) is 5.82. The molecule has 24 heavy (non-hydrogen) atoms. The molecule has 0 atom stereocenters. The second-order valence-electron chi connectivity index (χ2n) is 5.82. The summed E-state index contributed by atoms with van der Waals surface area (Å²) in [6, 6.07) is 9.05. The highest BCUT2D eigenvalue weighted by molar-refractivity contribution is 5.75. The number of aromatic nitrogens is 3. The van der Waals surface area contributed by atoms with Crippen molar-refractivity contribution >= 4 is 11.6 Å². The lowest BCUT2D eigenvalue weighted by molar-refractivity contribution is -0.121. The lowest BCUT2D eigenvalue weighted by Gasteiger charge is -2.09. The zero-order valence-corrected chi connectivity index (χ0v) is 13.8. The number of nitrogens with zero attached hydrogens (tertiary/aromatic N) is 3. The monoisotopic (exact) mass is 324 g/mol. The number of pyridine rings is 2. The molecule has 0 aliphatic rings. The van der Waals surface area contributed by atoms with Gasteiger partial charge in [0.1, 0.15) is 5.65 Å².